The summed E-state index contributed by atoms with van der Waals surface area (Å²) in [6, 6.07) is 0.533. The van der Waals surface area contributed by atoms with Gasteiger partial charge in [-0.3, -0.25) is 4.99 Å². The second-order valence-electron chi connectivity index (χ2n) is 6.32. The number of ether oxygens (including phenoxy) is 1. The number of methoxy groups -OCH3 is 1. The monoisotopic (exact) mass is 267 g/mol. The molecule has 19 heavy (non-hydrogen) atoms. The molecule has 2 saturated carbocycles. The van der Waals surface area contributed by atoms with E-state index in [1.54, 1.807) is 7.11 Å². The fraction of sp³-hybridized carbons (Fsp3) is 0.933. The summed E-state index contributed by atoms with van der Waals surface area (Å²) in [6.45, 7) is 1.62. The molecule has 110 valence electrons. The van der Waals surface area contributed by atoms with Crippen molar-refractivity contribution < 1.29 is 4.74 Å². The van der Waals surface area contributed by atoms with Crippen LogP contribution >= 0.6 is 0 Å². The zero-order chi connectivity index (χ0) is 13.6. The minimum atomic E-state index is 0.268. The normalized spacial score (nSPS) is 24.6. The molecule has 0 aromatic heterocycles. The molecule has 0 radical (unpaired) electrons. The van der Waals surface area contributed by atoms with E-state index >= 15 is 0 Å². The standard InChI is InChI=1S/C15H29N3O/c1-19-12-15(9-6-10-15)11-17-14(16)18-13-7-4-2-3-5-8-13/h13H,2-12H2,1H3,(H3,16,17,18). The molecule has 0 saturated heterocycles. The van der Waals surface area contributed by atoms with Crippen molar-refractivity contribution in [3.8, 4) is 0 Å². The van der Waals surface area contributed by atoms with Crippen LogP contribution in [0.5, 0.6) is 0 Å². The van der Waals surface area contributed by atoms with Gasteiger partial charge >= 0.3 is 0 Å². The molecule has 2 fully saturated rings. The van der Waals surface area contributed by atoms with Crippen molar-refractivity contribution in [2.75, 3.05) is 20.3 Å². The van der Waals surface area contributed by atoms with Crippen LogP contribution in [0.25, 0.3) is 0 Å². The second kappa shape index (κ2) is 7.13. The van der Waals surface area contributed by atoms with E-state index in [0.29, 0.717) is 12.0 Å². The third-order valence-electron chi connectivity index (χ3n) is 4.66. The highest BCUT2D eigenvalue weighted by molar-refractivity contribution is 5.78. The molecule has 4 nitrogen and oxygen atoms in total. The van der Waals surface area contributed by atoms with Crippen LogP contribution < -0.4 is 11.1 Å². The summed E-state index contributed by atoms with van der Waals surface area (Å²) >= 11 is 0. The smallest absolute Gasteiger partial charge is 0.188 e. The molecule has 3 N–H and O–H groups in total. The summed E-state index contributed by atoms with van der Waals surface area (Å²) in [5.74, 6) is 0.634. The molecule has 0 heterocycles. The largest absolute Gasteiger partial charge is 0.384 e. The van der Waals surface area contributed by atoms with Gasteiger partial charge in [0.25, 0.3) is 0 Å². The van der Waals surface area contributed by atoms with Crippen LogP contribution in [0.2, 0.25) is 0 Å². The number of nitrogens with zero attached hydrogens (tertiary/aromatic N) is 1. The molecule has 2 aliphatic rings. The fourth-order valence-corrected chi connectivity index (χ4v) is 3.26. The predicted molar refractivity (Wildman–Crippen MR) is 79.3 cm³/mol. The van der Waals surface area contributed by atoms with Gasteiger partial charge in [-0.1, -0.05) is 32.1 Å². The molecule has 0 aromatic carbocycles. The topological polar surface area (TPSA) is 59.6 Å². The zero-order valence-electron chi connectivity index (χ0n) is 12.3. The van der Waals surface area contributed by atoms with E-state index in [1.165, 1.54) is 57.8 Å². The van der Waals surface area contributed by atoms with Gasteiger partial charge in [0.2, 0.25) is 0 Å². The van der Waals surface area contributed by atoms with E-state index in [1.807, 2.05) is 0 Å². The van der Waals surface area contributed by atoms with Gasteiger partial charge in [0, 0.05) is 18.6 Å². The Morgan fingerprint density at radius 3 is 2.42 bits per heavy atom. The van der Waals surface area contributed by atoms with Gasteiger partial charge in [0.05, 0.1) is 13.2 Å². The lowest BCUT2D eigenvalue weighted by Crippen LogP contribution is -2.42. The Labute approximate surface area is 117 Å². The summed E-state index contributed by atoms with van der Waals surface area (Å²) in [4.78, 5) is 4.56. The fourth-order valence-electron chi connectivity index (χ4n) is 3.26. The molecule has 2 rings (SSSR count). The molecular formula is C15H29N3O. The summed E-state index contributed by atoms with van der Waals surface area (Å²) in [5.41, 5.74) is 6.30. The molecule has 0 aliphatic heterocycles. The highest BCUT2D eigenvalue weighted by Crippen LogP contribution is 2.41. The minimum absolute atomic E-state index is 0.268. The molecular weight excluding hydrogens is 238 g/mol. The van der Waals surface area contributed by atoms with Crippen molar-refractivity contribution in [3.63, 3.8) is 0 Å². The number of guanidine groups is 1. The summed E-state index contributed by atoms with van der Waals surface area (Å²) in [6.07, 6.45) is 11.6. The lowest BCUT2D eigenvalue weighted by atomic mass is 9.69. The van der Waals surface area contributed by atoms with E-state index in [0.717, 1.165) is 13.2 Å². The molecule has 0 atom stereocenters. The quantitative estimate of drug-likeness (QED) is 0.457. The first-order valence-electron chi connectivity index (χ1n) is 7.79. The number of nitrogens with two attached hydrogens (primary N) is 1. The highest BCUT2D eigenvalue weighted by atomic mass is 16.5. The van der Waals surface area contributed by atoms with Crippen molar-refractivity contribution in [2.24, 2.45) is 16.1 Å². The zero-order valence-corrected chi connectivity index (χ0v) is 12.3. The lowest BCUT2D eigenvalue weighted by Gasteiger charge is -2.40. The van der Waals surface area contributed by atoms with E-state index in [4.69, 9.17) is 10.5 Å². The maximum Gasteiger partial charge on any atom is 0.188 e. The minimum Gasteiger partial charge on any atom is -0.384 e. The number of rotatable bonds is 5. The number of nitrogens with one attached hydrogen (secondary N) is 1. The van der Waals surface area contributed by atoms with E-state index in [2.05, 4.69) is 10.3 Å². The van der Waals surface area contributed by atoms with Gasteiger partial charge < -0.3 is 15.8 Å². The molecule has 0 spiro atoms. The average molecular weight is 267 g/mol. The first kappa shape index (κ1) is 14.6. The maximum atomic E-state index is 6.04. The van der Waals surface area contributed by atoms with Gasteiger partial charge in [0.15, 0.2) is 5.96 Å². The predicted octanol–water partition coefficient (Wildman–Crippen LogP) is 2.43. The Kier molecular flexibility index (Phi) is 5.49. The first-order chi connectivity index (χ1) is 9.24. The van der Waals surface area contributed by atoms with Crippen molar-refractivity contribution >= 4 is 5.96 Å². The molecule has 0 aromatic rings. The van der Waals surface area contributed by atoms with Crippen molar-refractivity contribution in [1.82, 2.24) is 5.32 Å². The van der Waals surface area contributed by atoms with Gasteiger partial charge in [0.1, 0.15) is 0 Å². The first-order valence-corrected chi connectivity index (χ1v) is 7.79. The second-order valence-corrected chi connectivity index (χ2v) is 6.32. The van der Waals surface area contributed by atoms with Crippen LogP contribution in [-0.2, 0) is 4.74 Å². The van der Waals surface area contributed by atoms with Gasteiger partial charge in [-0.05, 0) is 25.7 Å². The number of aliphatic imine (C=N–C) groups is 1. The van der Waals surface area contributed by atoms with E-state index in [-0.39, 0.29) is 5.41 Å². The van der Waals surface area contributed by atoms with Crippen molar-refractivity contribution in [3.05, 3.63) is 0 Å². The van der Waals surface area contributed by atoms with E-state index in [9.17, 15) is 0 Å². The number of hydrogen-bond donors (Lipinski definition) is 2. The molecule has 4 heteroatoms. The Hall–Kier alpha value is -0.770. The Morgan fingerprint density at radius 1 is 1.21 bits per heavy atom. The molecule has 0 unspecified atom stereocenters. The van der Waals surface area contributed by atoms with Gasteiger partial charge in [-0.15, -0.1) is 0 Å². The Balaban J connectivity index is 1.77. The van der Waals surface area contributed by atoms with Crippen LogP contribution in [0, 0.1) is 5.41 Å². The van der Waals surface area contributed by atoms with Crippen molar-refractivity contribution in [1.29, 1.82) is 0 Å². The van der Waals surface area contributed by atoms with Crippen molar-refractivity contribution in [2.45, 2.75) is 63.8 Å². The molecule has 0 amide bonds. The van der Waals surface area contributed by atoms with Crippen LogP contribution in [0.3, 0.4) is 0 Å². The van der Waals surface area contributed by atoms with Crippen LogP contribution in [0.1, 0.15) is 57.8 Å². The third-order valence-corrected chi connectivity index (χ3v) is 4.66. The van der Waals surface area contributed by atoms with Crippen LogP contribution in [-0.4, -0.2) is 32.3 Å². The van der Waals surface area contributed by atoms with Crippen LogP contribution in [0.4, 0.5) is 0 Å². The van der Waals surface area contributed by atoms with Crippen LogP contribution in [0.15, 0.2) is 4.99 Å². The lowest BCUT2D eigenvalue weighted by molar-refractivity contribution is 0.0252. The summed E-state index contributed by atoms with van der Waals surface area (Å²) < 4.78 is 5.32. The highest BCUT2D eigenvalue weighted by Gasteiger charge is 2.36. The molecule has 0 bridgehead atoms. The average Bonchev–Trinajstić information content (AvgIpc) is 2.61. The number of hydrogen-bond acceptors (Lipinski definition) is 2. The van der Waals surface area contributed by atoms with Gasteiger partial charge in [-0.25, -0.2) is 0 Å². The Morgan fingerprint density at radius 2 is 1.89 bits per heavy atom. The summed E-state index contributed by atoms with van der Waals surface area (Å²) in [7, 11) is 1.77. The third kappa shape index (κ3) is 4.37. The SMILES string of the molecule is COCC1(CN=C(N)NC2CCCCCC2)CCC1. The Bertz CT molecular complexity index is 292. The summed E-state index contributed by atoms with van der Waals surface area (Å²) in [5, 5.41) is 3.41. The van der Waals surface area contributed by atoms with E-state index < -0.39 is 0 Å². The maximum absolute atomic E-state index is 6.04. The van der Waals surface area contributed by atoms with Gasteiger partial charge in [-0.2, -0.15) is 0 Å². The molecule has 2 aliphatic carbocycles.